The Morgan fingerprint density at radius 3 is 2.50 bits per heavy atom. The number of thioether (sulfide) groups is 1. The van der Waals surface area contributed by atoms with Crippen molar-refractivity contribution in [1.82, 2.24) is 0 Å². The van der Waals surface area contributed by atoms with Crippen molar-refractivity contribution in [3.8, 4) is 0 Å². The van der Waals surface area contributed by atoms with E-state index in [-0.39, 0.29) is 17.1 Å². The minimum absolute atomic E-state index is 0.0319. The van der Waals surface area contributed by atoms with Crippen LogP contribution in [0.5, 0.6) is 0 Å². The third-order valence-electron chi connectivity index (χ3n) is 3.12. The van der Waals surface area contributed by atoms with E-state index >= 15 is 0 Å². The van der Waals surface area contributed by atoms with E-state index in [9.17, 15) is 4.39 Å². The third-order valence-corrected chi connectivity index (χ3v) is 5.05. The zero-order chi connectivity index (χ0) is 14.5. The van der Waals surface area contributed by atoms with Crippen LogP contribution in [0.25, 0.3) is 0 Å². The molecule has 2 N–H and O–H groups in total. The molecule has 2 aromatic rings. The molecule has 0 bridgehead atoms. The maximum Gasteiger partial charge on any atom is 0.124 e. The molecular weight excluding hydrogens is 337 g/mol. The van der Waals surface area contributed by atoms with Crippen LogP contribution in [0, 0.1) is 5.82 Å². The number of hydrogen-bond donors (Lipinski definition) is 1. The fraction of sp³-hybridized carbons (Fsp3) is 0.250. The maximum atomic E-state index is 13.3. The van der Waals surface area contributed by atoms with Gasteiger partial charge >= 0.3 is 0 Å². The van der Waals surface area contributed by atoms with Gasteiger partial charge in [0, 0.05) is 20.7 Å². The van der Waals surface area contributed by atoms with E-state index < -0.39 is 0 Å². The fourth-order valence-electron chi connectivity index (χ4n) is 1.96. The predicted octanol–water partition coefficient (Wildman–Crippen LogP) is 5.16. The average Bonchev–Trinajstić information content (AvgIpc) is 2.45. The van der Waals surface area contributed by atoms with Gasteiger partial charge in [-0.15, -0.1) is 11.8 Å². The Bertz CT molecular complexity index is 559. The number of benzene rings is 2. The first-order valence-electron chi connectivity index (χ1n) is 6.53. The van der Waals surface area contributed by atoms with Gasteiger partial charge in [-0.25, -0.2) is 4.39 Å². The second kappa shape index (κ2) is 7.25. The van der Waals surface area contributed by atoms with Crippen LogP contribution in [-0.4, -0.2) is 6.04 Å². The van der Waals surface area contributed by atoms with E-state index in [2.05, 4.69) is 35.0 Å². The normalized spacial score (nSPS) is 14.0. The van der Waals surface area contributed by atoms with E-state index in [1.807, 2.05) is 18.2 Å². The molecule has 0 aliphatic rings. The van der Waals surface area contributed by atoms with Crippen LogP contribution in [-0.2, 0) is 0 Å². The summed E-state index contributed by atoms with van der Waals surface area (Å²) < 4.78 is 14.3. The minimum Gasteiger partial charge on any atom is -0.326 e. The number of nitrogens with two attached hydrogens (primary N) is 1. The molecule has 20 heavy (non-hydrogen) atoms. The summed E-state index contributed by atoms with van der Waals surface area (Å²) in [5.41, 5.74) is 7.41. The molecule has 0 saturated carbocycles. The zero-order valence-electron chi connectivity index (χ0n) is 11.2. The van der Waals surface area contributed by atoms with Gasteiger partial charge in [0.1, 0.15) is 5.82 Å². The van der Waals surface area contributed by atoms with Crippen LogP contribution in [0.2, 0.25) is 0 Å². The number of halogens is 2. The SMILES string of the molecule is CCC(N)C(Sc1cccc(F)c1)c1ccc(Br)cc1. The van der Waals surface area contributed by atoms with Crippen LogP contribution >= 0.6 is 27.7 Å². The summed E-state index contributed by atoms with van der Waals surface area (Å²) in [4.78, 5) is 0.904. The molecule has 0 heterocycles. The molecular formula is C16H17BrFNS. The highest BCUT2D eigenvalue weighted by Gasteiger charge is 2.20. The zero-order valence-corrected chi connectivity index (χ0v) is 13.6. The topological polar surface area (TPSA) is 26.0 Å². The summed E-state index contributed by atoms with van der Waals surface area (Å²) in [5, 5.41) is 0.120. The van der Waals surface area contributed by atoms with Crippen molar-refractivity contribution < 1.29 is 4.39 Å². The lowest BCUT2D eigenvalue weighted by molar-refractivity contribution is 0.622. The molecule has 0 saturated heterocycles. The van der Waals surface area contributed by atoms with Crippen LogP contribution in [0.4, 0.5) is 4.39 Å². The average molecular weight is 354 g/mol. The molecule has 0 amide bonds. The van der Waals surface area contributed by atoms with Gasteiger partial charge in [0.25, 0.3) is 0 Å². The van der Waals surface area contributed by atoms with Crippen LogP contribution in [0.1, 0.15) is 24.2 Å². The van der Waals surface area contributed by atoms with Gasteiger partial charge in [-0.3, -0.25) is 0 Å². The first-order chi connectivity index (χ1) is 9.60. The minimum atomic E-state index is -0.213. The first kappa shape index (κ1) is 15.5. The van der Waals surface area contributed by atoms with E-state index in [1.165, 1.54) is 6.07 Å². The molecule has 0 spiro atoms. The second-order valence-electron chi connectivity index (χ2n) is 4.62. The van der Waals surface area contributed by atoms with Gasteiger partial charge < -0.3 is 5.73 Å². The van der Waals surface area contributed by atoms with Crippen molar-refractivity contribution in [2.75, 3.05) is 0 Å². The van der Waals surface area contributed by atoms with E-state index in [1.54, 1.807) is 23.9 Å². The Morgan fingerprint density at radius 2 is 1.90 bits per heavy atom. The van der Waals surface area contributed by atoms with Crippen LogP contribution < -0.4 is 5.73 Å². The van der Waals surface area contributed by atoms with Gasteiger partial charge in [-0.05, 0) is 42.3 Å². The summed E-state index contributed by atoms with van der Waals surface area (Å²) in [6.45, 7) is 2.07. The molecule has 1 nitrogen and oxygen atoms in total. The Labute approximate surface area is 131 Å². The summed E-state index contributed by atoms with van der Waals surface area (Å²) in [7, 11) is 0. The Morgan fingerprint density at radius 1 is 1.20 bits per heavy atom. The van der Waals surface area contributed by atoms with Gasteiger partial charge in [0.15, 0.2) is 0 Å². The van der Waals surface area contributed by atoms with Gasteiger partial charge in [-0.1, -0.05) is 41.1 Å². The first-order valence-corrected chi connectivity index (χ1v) is 8.20. The fourth-order valence-corrected chi connectivity index (χ4v) is 3.51. The van der Waals surface area contributed by atoms with Crippen molar-refractivity contribution >= 4 is 27.7 Å². The molecule has 4 heteroatoms. The monoisotopic (exact) mass is 353 g/mol. The molecule has 0 radical (unpaired) electrons. The molecule has 2 unspecified atom stereocenters. The molecule has 2 atom stereocenters. The summed E-state index contributed by atoms with van der Waals surface area (Å²) in [6.07, 6.45) is 0.878. The van der Waals surface area contributed by atoms with Gasteiger partial charge in [0.2, 0.25) is 0 Å². The molecule has 0 aromatic heterocycles. The maximum absolute atomic E-state index is 13.3. The lowest BCUT2D eigenvalue weighted by atomic mass is 10.0. The highest BCUT2D eigenvalue weighted by atomic mass is 79.9. The van der Waals surface area contributed by atoms with E-state index in [4.69, 9.17) is 5.73 Å². The molecule has 2 rings (SSSR count). The van der Waals surface area contributed by atoms with E-state index in [0.717, 1.165) is 21.4 Å². The summed E-state index contributed by atoms with van der Waals surface area (Å²) in [6, 6.07) is 14.8. The van der Waals surface area contributed by atoms with Crippen LogP contribution in [0.15, 0.2) is 57.9 Å². The highest BCUT2D eigenvalue weighted by molar-refractivity contribution is 9.10. The molecule has 106 valence electrons. The Hall–Kier alpha value is -0.840. The highest BCUT2D eigenvalue weighted by Crippen LogP contribution is 2.38. The van der Waals surface area contributed by atoms with Crippen LogP contribution in [0.3, 0.4) is 0 Å². The second-order valence-corrected chi connectivity index (χ2v) is 6.75. The molecule has 0 aliphatic carbocycles. The summed E-state index contributed by atoms with van der Waals surface area (Å²) >= 11 is 5.05. The van der Waals surface area contributed by atoms with Crippen molar-refractivity contribution in [3.63, 3.8) is 0 Å². The smallest absolute Gasteiger partial charge is 0.124 e. The van der Waals surface area contributed by atoms with Gasteiger partial charge in [-0.2, -0.15) is 0 Å². The Balaban J connectivity index is 2.26. The van der Waals surface area contributed by atoms with Crippen molar-refractivity contribution in [2.24, 2.45) is 5.73 Å². The lowest BCUT2D eigenvalue weighted by Crippen LogP contribution is -2.25. The molecule has 0 aliphatic heterocycles. The number of hydrogen-bond acceptors (Lipinski definition) is 2. The standard InChI is InChI=1S/C16H17BrFNS/c1-2-15(19)16(11-6-8-12(17)9-7-11)20-14-5-3-4-13(18)10-14/h3-10,15-16H,2,19H2,1H3. The lowest BCUT2D eigenvalue weighted by Gasteiger charge is -2.23. The Kier molecular flexibility index (Phi) is 5.64. The largest absolute Gasteiger partial charge is 0.326 e. The third kappa shape index (κ3) is 4.08. The predicted molar refractivity (Wildman–Crippen MR) is 87.4 cm³/mol. The van der Waals surface area contributed by atoms with E-state index in [0.29, 0.717) is 0 Å². The number of rotatable bonds is 5. The van der Waals surface area contributed by atoms with Crippen molar-refractivity contribution in [3.05, 3.63) is 64.4 Å². The molecule has 0 fully saturated rings. The van der Waals surface area contributed by atoms with Crippen molar-refractivity contribution in [1.29, 1.82) is 0 Å². The molecule has 2 aromatic carbocycles. The summed E-state index contributed by atoms with van der Waals surface area (Å²) in [5.74, 6) is -0.213. The van der Waals surface area contributed by atoms with Gasteiger partial charge in [0.05, 0.1) is 0 Å². The van der Waals surface area contributed by atoms with Crippen molar-refractivity contribution in [2.45, 2.75) is 29.5 Å². The quantitative estimate of drug-likeness (QED) is 0.751.